The standard InChI is InChI=1S/C8H16N4O2S/c1-8(2,3)12-15(13,14)7-6(4-9)5-10-11-7/h5,12H,4,9H2,1-3H3,(H,10,11). The number of rotatable bonds is 3. The summed E-state index contributed by atoms with van der Waals surface area (Å²) in [5, 5.41) is 6.15. The second-order valence-electron chi connectivity index (χ2n) is 4.28. The predicted molar refractivity (Wildman–Crippen MR) is 56.6 cm³/mol. The Morgan fingerprint density at radius 1 is 1.53 bits per heavy atom. The van der Waals surface area contributed by atoms with Crippen LogP contribution in [0.5, 0.6) is 0 Å². The molecule has 0 saturated heterocycles. The van der Waals surface area contributed by atoms with Crippen molar-refractivity contribution in [3.8, 4) is 0 Å². The molecule has 15 heavy (non-hydrogen) atoms. The molecule has 0 aromatic carbocycles. The van der Waals surface area contributed by atoms with Gasteiger partial charge in [-0.2, -0.15) is 5.10 Å². The average molecular weight is 232 g/mol. The largest absolute Gasteiger partial charge is 0.326 e. The summed E-state index contributed by atoms with van der Waals surface area (Å²) in [6.45, 7) is 5.44. The number of H-pyrrole nitrogens is 1. The number of nitrogens with two attached hydrogens (primary N) is 1. The van der Waals surface area contributed by atoms with Crippen molar-refractivity contribution in [1.82, 2.24) is 14.9 Å². The summed E-state index contributed by atoms with van der Waals surface area (Å²) in [6.07, 6.45) is 1.41. The Bertz CT molecular complexity index is 430. The van der Waals surface area contributed by atoms with E-state index in [0.717, 1.165) is 0 Å². The van der Waals surface area contributed by atoms with Crippen LogP contribution in [0.15, 0.2) is 11.2 Å². The predicted octanol–water partition coefficient (Wildman–Crippen LogP) is -0.0548. The summed E-state index contributed by atoms with van der Waals surface area (Å²) < 4.78 is 26.2. The first-order valence-corrected chi connectivity index (χ1v) is 6.01. The minimum absolute atomic E-state index is 0.0416. The fourth-order valence-corrected chi connectivity index (χ4v) is 2.69. The zero-order chi connectivity index (χ0) is 11.7. The molecule has 0 aliphatic heterocycles. The molecule has 7 heteroatoms. The molecule has 0 spiro atoms. The zero-order valence-electron chi connectivity index (χ0n) is 9.03. The van der Waals surface area contributed by atoms with Crippen molar-refractivity contribution >= 4 is 10.0 Å². The summed E-state index contributed by atoms with van der Waals surface area (Å²) in [6, 6.07) is 0. The van der Waals surface area contributed by atoms with Crippen LogP contribution in [-0.2, 0) is 16.6 Å². The molecule has 0 amide bonds. The molecule has 4 N–H and O–H groups in total. The fraction of sp³-hybridized carbons (Fsp3) is 0.625. The quantitative estimate of drug-likeness (QED) is 0.679. The van der Waals surface area contributed by atoms with Gasteiger partial charge in [0, 0.05) is 17.6 Å². The topological polar surface area (TPSA) is 101 Å². The maximum atomic E-state index is 11.9. The van der Waals surface area contributed by atoms with Crippen LogP contribution in [0.25, 0.3) is 0 Å². The molecular formula is C8H16N4O2S. The summed E-state index contributed by atoms with van der Waals surface area (Å²) in [5.74, 6) is 0. The van der Waals surface area contributed by atoms with E-state index in [-0.39, 0.29) is 11.6 Å². The van der Waals surface area contributed by atoms with Crippen molar-refractivity contribution < 1.29 is 8.42 Å². The highest BCUT2D eigenvalue weighted by Gasteiger charge is 2.25. The van der Waals surface area contributed by atoms with E-state index < -0.39 is 15.6 Å². The molecule has 0 aliphatic carbocycles. The summed E-state index contributed by atoms with van der Waals surface area (Å²) in [7, 11) is -3.57. The lowest BCUT2D eigenvalue weighted by atomic mass is 10.1. The Morgan fingerprint density at radius 2 is 2.13 bits per heavy atom. The average Bonchev–Trinajstić information content (AvgIpc) is 2.46. The van der Waals surface area contributed by atoms with E-state index in [9.17, 15) is 8.42 Å². The van der Waals surface area contributed by atoms with E-state index in [2.05, 4.69) is 14.9 Å². The van der Waals surface area contributed by atoms with Crippen LogP contribution in [0, 0.1) is 0 Å². The molecule has 0 bridgehead atoms. The number of aromatic nitrogens is 2. The van der Waals surface area contributed by atoms with Gasteiger partial charge in [-0.3, -0.25) is 5.10 Å². The lowest BCUT2D eigenvalue weighted by Gasteiger charge is -2.19. The van der Waals surface area contributed by atoms with E-state index in [0.29, 0.717) is 5.56 Å². The molecule has 86 valence electrons. The summed E-state index contributed by atoms with van der Waals surface area (Å²) >= 11 is 0. The Morgan fingerprint density at radius 3 is 2.60 bits per heavy atom. The first-order valence-electron chi connectivity index (χ1n) is 4.52. The van der Waals surface area contributed by atoms with E-state index in [1.165, 1.54) is 6.20 Å². The first kappa shape index (κ1) is 12.2. The van der Waals surface area contributed by atoms with Crippen LogP contribution < -0.4 is 10.5 Å². The number of hydrogen-bond acceptors (Lipinski definition) is 4. The minimum atomic E-state index is -3.57. The molecule has 1 rings (SSSR count). The van der Waals surface area contributed by atoms with Gasteiger partial charge in [0.1, 0.15) is 0 Å². The van der Waals surface area contributed by atoms with Crippen molar-refractivity contribution in [3.63, 3.8) is 0 Å². The van der Waals surface area contributed by atoms with Crippen molar-refractivity contribution in [1.29, 1.82) is 0 Å². The maximum Gasteiger partial charge on any atom is 0.258 e. The van der Waals surface area contributed by atoms with Gasteiger partial charge >= 0.3 is 0 Å². The SMILES string of the molecule is CC(C)(C)NS(=O)(=O)c1[nH]ncc1CN. The van der Waals surface area contributed by atoms with Crippen molar-refractivity contribution in [2.24, 2.45) is 5.73 Å². The minimum Gasteiger partial charge on any atom is -0.326 e. The van der Waals surface area contributed by atoms with Crippen molar-refractivity contribution in [3.05, 3.63) is 11.8 Å². The van der Waals surface area contributed by atoms with E-state index in [1.54, 1.807) is 20.8 Å². The van der Waals surface area contributed by atoms with Crippen LogP contribution in [0.4, 0.5) is 0 Å². The molecule has 0 fully saturated rings. The molecule has 0 atom stereocenters. The third-order valence-electron chi connectivity index (χ3n) is 1.61. The molecule has 0 aliphatic rings. The van der Waals surface area contributed by atoms with Gasteiger partial charge in [-0.15, -0.1) is 0 Å². The van der Waals surface area contributed by atoms with Crippen LogP contribution in [0.1, 0.15) is 26.3 Å². The van der Waals surface area contributed by atoms with E-state index >= 15 is 0 Å². The Kier molecular flexibility index (Phi) is 3.17. The molecule has 0 radical (unpaired) electrons. The van der Waals surface area contributed by atoms with Gasteiger partial charge in [-0.05, 0) is 20.8 Å². The number of hydrogen-bond donors (Lipinski definition) is 3. The van der Waals surface area contributed by atoms with Gasteiger partial charge in [0.15, 0.2) is 5.03 Å². The summed E-state index contributed by atoms with van der Waals surface area (Å²) in [5.41, 5.74) is 5.35. The number of nitrogens with one attached hydrogen (secondary N) is 2. The molecule has 1 aromatic rings. The molecule has 1 aromatic heterocycles. The summed E-state index contributed by atoms with van der Waals surface area (Å²) in [4.78, 5) is 0. The molecule has 1 heterocycles. The van der Waals surface area contributed by atoms with Crippen LogP contribution in [-0.4, -0.2) is 24.2 Å². The maximum absolute atomic E-state index is 11.9. The number of sulfonamides is 1. The van der Waals surface area contributed by atoms with Gasteiger partial charge in [0.05, 0.1) is 6.20 Å². The van der Waals surface area contributed by atoms with Crippen LogP contribution in [0.3, 0.4) is 0 Å². The second kappa shape index (κ2) is 3.92. The molecular weight excluding hydrogens is 216 g/mol. The lowest BCUT2D eigenvalue weighted by Crippen LogP contribution is -2.41. The van der Waals surface area contributed by atoms with Crippen LogP contribution in [0.2, 0.25) is 0 Å². The Labute approximate surface area is 89.3 Å². The highest BCUT2D eigenvalue weighted by Crippen LogP contribution is 2.13. The molecule has 6 nitrogen and oxygen atoms in total. The van der Waals surface area contributed by atoms with Gasteiger partial charge < -0.3 is 5.73 Å². The number of nitrogens with zero attached hydrogens (tertiary/aromatic N) is 1. The van der Waals surface area contributed by atoms with Crippen molar-refractivity contribution in [2.45, 2.75) is 37.9 Å². The van der Waals surface area contributed by atoms with E-state index in [4.69, 9.17) is 5.73 Å². The zero-order valence-corrected chi connectivity index (χ0v) is 9.85. The van der Waals surface area contributed by atoms with Gasteiger partial charge in [0.2, 0.25) is 0 Å². The third-order valence-corrected chi connectivity index (χ3v) is 3.38. The Hall–Kier alpha value is -0.920. The van der Waals surface area contributed by atoms with Gasteiger partial charge in [-0.1, -0.05) is 0 Å². The highest BCUT2D eigenvalue weighted by molar-refractivity contribution is 7.89. The lowest BCUT2D eigenvalue weighted by molar-refractivity contribution is 0.489. The van der Waals surface area contributed by atoms with Crippen molar-refractivity contribution in [2.75, 3.05) is 0 Å². The van der Waals surface area contributed by atoms with Crippen LogP contribution >= 0.6 is 0 Å². The highest BCUT2D eigenvalue weighted by atomic mass is 32.2. The smallest absolute Gasteiger partial charge is 0.258 e. The molecule has 0 unspecified atom stereocenters. The molecule has 0 saturated carbocycles. The normalized spacial score (nSPS) is 13.1. The Balaban J connectivity index is 3.07. The van der Waals surface area contributed by atoms with Gasteiger partial charge in [-0.25, -0.2) is 13.1 Å². The van der Waals surface area contributed by atoms with Gasteiger partial charge in [0.25, 0.3) is 10.0 Å². The second-order valence-corrected chi connectivity index (χ2v) is 5.90. The fourth-order valence-electron chi connectivity index (χ4n) is 1.13. The third kappa shape index (κ3) is 3.01. The first-order chi connectivity index (χ1) is 6.76. The number of aromatic amines is 1. The monoisotopic (exact) mass is 232 g/mol. The van der Waals surface area contributed by atoms with E-state index in [1.807, 2.05) is 0 Å².